The molecule has 0 saturated carbocycles. The molecule has 6 aromatic carbocycles. The zero-order valence-corrected chi connectivity index (χ0v) is 21.3. The summed E-state index contributed by atoms with van der Waals surface area (Å²) >= 11 is 0. The van der Waals surface area contributed by atoms with Gasteiger partial charge in [-0.3, -0.25) is 0 Å². The van der Waals surface area contributed by atoms with Crippen molar-refractivity contribution in [2.75, 3.05) is 0 Å². The lowest BCUT2D eigenvalue weighted by Crippen LogP contribution is -1.95. The smallest absolute Gasteiger partial charge is 0.0722 e. The predicted molar refractivity (Wildman–Crippen MR) is 164 cm³/mol. The first kappa shape index (κ1) is 21.8. The zero-order valence-electron chi connectivity index (χ0n) is 21.3. The molecule has 0 fully saturated rings. The first-order chi connectivity index (χ1) is 19.3. The summed E-state index contributed by atoms with van der Waals surface area (Å²) < 4.78 is 2.36. The number of rotatable bonds is 3. The van der Waals surface area contributed by atoms with Crippen molar-refractivity contribution in [2.45, 2.75) is 0 Å². The average Bonchev–Trinajstić information content (AvgIpc) is 3.35. The number of pyridine rings is 1. The maximum Gasteiger partial charge on any atom is 0.0722 e. The third-order valence-corrected chi connectivity index (χ3v) is 7.76. The Balaban J connectivity index is 1.39. The second kappa shape index (κ2) is 8.68. The molecule has 0 spiro atoms. The van der Waals surface area contributed by atoms with Gasteiger partial charge in [-0.2, -0.15) is 0 Å². The number of hydrogen-bond donors (Lipinski definition) is 0. The fourth-order valence-corrected chi connectivity index (χ4v) is 6.01. The van der Waals surface area contributed by atoms with E-state index in [1.54, 1.807) is 0 Å². The van der Waals surface area contributed by atoms with Crippen molar-refractivity contribution in [3.8, 4) is 28.1 Å². The number of aromatic nitrogens is 2. The van der Waals surface area contributed by atoms with Gasteiger partial charge in [0.1, 0.15) is 0 Å². The molecule has 0 aliphatic carbocycles. The lowest BCUT2D eigenvalue weighted by molar-refractivity contribution is 1.18. The Morgan fingerprint density at radius 3 is 1.87 bits per heavy atom. The van der Waals surface area contributed by atoms with Crippen LogP contribution in [0.15, 0.2) is 146 Å². The van der Waals surface area contributed by atoms with Gasteiger partial charge in [-0.1, -0.05) is 109 Å². The number of benzene rings is 6. The molecule has 0 N–H and O–H groups in total. The fourth-order valence-electron chi connectivity index (χ4n) is 6.01. The first-order valence-corrected chi connectivity index (χ1v) is 13.3. The van der Waals surface area contributed by atoms with Crippen LogP contribution < -0.4 is 0 Å². The van der Waals surface area contributed by atoms with E-state index in [-0.39, 0.29) is 0 Å². The van der Waals surface area contributed by atoms with E-state index in [9.17, 15) is 0 Å². The van der Waals surface area contributed by atoms with E-state index in [1.807, 2.05) is 0 Å². The van der Waals surface area contributed by atoms with Crippen LogP contribution in [0.25, 0.3) is 71.6 Å². The van der Waals surface area contributed by atoms with Crippen LogP contribution in [0, 0.1) is 0 Å². The van der Waals surface area contributed by atoms with E-state index in [0.29, 0.717) is 0 Å². The Morgan fingerprint density at radius 1 is 0.462 bits per heavy atom. The van der Waals surface area contributed by atoms with Crippen molar-refractivity contribution in [1.82, 2.24) is 9.55 Å². The Labute approximate surface area is 226 Å². The molecule has 182 valence electrons. The van der Waals surface area contributed by atoms with Gasteiger partial charge in [0.2, 0.25) is 0 Å². The summed E-state index contributed by atoms with van der Waals surface area (Å²) in [6.07, 6.45) is 0. The van der Waals surface area contributed by atoms with Crippen LogP contribution in [-0.4, -0.2) is 9.55 Å². The van der Waals surface area contributed by atoms with E-state index < -0.39 is 0 Å². The minimum Gasteiger partial charge on any atom is -0.309 e. The molecule has 8 rings (SSSR count). The molecule has 2 heterocycles. The highest BCUT2D eigenvalue weighted by atomic mass is 15.0. The van der Waals surface area contributed by atoms with Gasteiger partial charge in [0.15, 0.2) is 0 Å². The van der Waals surface area contributed by atoms with E-state index in [0.717, 1.165) is 22.5 Å². The Kier molecular flexibility index (Phi) is 4.86. The standard InChI is InChI=1S/C37H24N2/c1-2-11-25(12-3-1)32-24-34(38-33-22-21-26-13-4-5-16-29(26)37(32)33)27-14-10-15-28(23-27)39-35-19-8-6-17-30(35)31-18-7-9-20-36(31)39/h1-24H. The quantitative estimate of drug-likeness (QED) is 0.223. The van der Waals surface area contributed by atoms with Crippen molar-refractivity contribution in [1.29, 1.82) is 0 Å². The third kappa shape index (κ3) is 3.46. The molecule has 8 aromatic rings. The molecule has 0 radical (unpaired) electrons. The normalized spacial score (nSPS) is 11.6. The van der Waals surface area contributed by atoms with Crippen LogP contribution in [0.2, 0.25) is 0 Å². The van der Waals surface area contributed by atoms with Crippen molar-refractivity contribution in [2.24, 2.45) is 0 Å². The van der Waals surface area contributed by atoms with Crippen molar-refractivity contribution in [3.05, 3.63) is 146 Å². The average molecular weight is 497 g/mol. The highest BCUT2D eigenvalue weighted by Crippen LogP contribution is 2.38. The molecule has 2 aromatic heterocycles. The summed E-state index contributed by atoms with van der Waals surface area (Å²) in [7, 11) is 0. The van der Waals surface area contributed by atoms with Gasteiger partial charge in [0, 0.05) is 27.4 Å². The molecular formula is C37H24N2. The highest BCUT2D eigenvalue weighted by Gasteiger charge is 2.15. The third-order valence-electron chi connectivity index (χ3n) is 7.76. The molecule has 0 amide bonds. The topological polar surface area (TPSA) is 17.8 Å². The Hall–Kier alpha value is -5.21. The summed E-state index contributed by atoms with van der Waals surface area (Å²) in [5.41, 5.74) is 9.02. The van der Waals surface area contributed by atoms with E-state index in [2.05, 4.69) is 150 Å². The van der Waals surface area contributed by atoms with E-state index in [4.69, 9.17) is 4.98 Å². The summed E-state index contributed by atoms with van der Waals surface area (Å²) in [6.45, 7) is 0. The number of fused-ring (bicyclic) bond motifs is 6. The Morgan fingerprint density at radius 2 is 1.10 bits per heavy atom. The molecule has 0 aliphatic rings. The van der Waals surface area contributed by atoms with Crippen LogP contribution in [0.3, 0.4) is 0 Å². The second-order valence-corrected chi connectivity index (χ2v) is 10.0. The summed E-state index contributed by atoms with van der Waals surface area (Å²) in [5, 5.41) is 6.18. The molecule has 0 atom stereocenters. The van der Waals surface area contributed by atoms with Crippen LogP contribution in [0.5, 0.6) is 0 Å². The minimum absolute atomic E-state index is 0.972. The van der Waals surface area contributed by atoms with Gasteiger partial charge in [0.25, 0.3) is 0 Å². The molecule has 2 heteroatoms. The summed E-state index contributed by atoms with van der Waals surface area (Å²) in [4.78, 5) is 5.22. The SMILES string of the molecule is c1ccc(-c2cc(-c3cccc(-n4c5ccccc5c5ccccc54)c3)nc3ccc4ccccc4c23)cc1. The van der Waals surface area contributed by atoms with Gasteiger partial charge in [-0.25, -0.2) is 4.98 Å². The Bertz CT molecular complexity index is 2120. The van der Waals surface area contributed by atoms with Gasteiger partial charge in [-0.05, 0) is 58.3 Å². The molecule has 2 nitrogen and oxygen atoms in total. The molecule has 0 bridgehead atoms. The second-order valence-electron chi connectivity index (χ2n) is 10.0. The van der Waals surface area contributed by atoms with E-state index >= 15 is 0 Å². The van der Waals surface area contributed by atoms with Crippen LogP contribution >= 0.6 is 0 Å². The number of para-hydroxylation sites is 2. The van der Waals surface area contributed by atoms with Crippen LogP contribution in [0.4, 0.5) is 0 Å². The zero-order chi connectivity index (χ0) is 25.8. The maximum absolute atomic E-state index is 5.22. The lowest BCUT2D eigenvalue weighted by Gasteiger charge is -2.14. The molecule has 0 saturated heterocycles. The van der Waals surface area contributed by atoms with Gasteiger partial charge in [-0.15, -0.1) is 0 Å². The molecular weight excluding hydrogens is 472 g/mol. The van der Waals surface area contributed by atoms with Crippen molar-refractivity contribution in [3.63, 3.8) is 0 Å². The summed E-state index contributed by atoms with van der Waals surface area (Å²) in [6, 6.07) is 51.9. The first-order valence-electron chi connectivity index (χ1n) is 13.3. The number of nitrogens with zero attached hydrogens (tertiary/aromatic N) is 2. The fraction of sp³-hybridized carbons (Fsp3) is 0. The van der Waals surface area contributed by atoms with Gasteiger partial charge < -0.3 is 4.57 Å². The predicted octanol–water partition coefficient (Wildman–Crippen LogP) is 9.82. The minimum atomic E-state index is 0.972. The number of hydrogen-bond acceptors (Lipinski definition) is 1. The lowest BCUT2D eigenvalue weighted by atomic mass is 9.94. The largest absolute Gasteiger partial charge is 0.309 e. The molecule has 39 heavy (non-hydrogen) atoms. The van der Waals surface area contributed by atoms with Gasteiger partial charge in [0.05, 0.1) is 22.2 Å². The highest BCUT2D eigenvalue weighted by molar-refractivity contribution is 6.14. The summed E-state index contributed by atoms with van der Waals surface area (Å²) in [5.74, 6) is 0. The van der Waals surface area contributed by atoms with Crippen molar-refractivity contribution < 1.29 is 0 Å². The molecule has 0 aliphatic heterocycles. The molecule has 0 unspecified atom stereocenters. The monoisotopic (exact) mass is 496 g/mol. The van der Waals surface area contributed by atoms with Crippen molar-refractivity contribution >= 4 is 43.5 Å². The van der Waals surface area contributed by atoms with Crippen LogP contribution in [0.1, 0.15) is 0 Å². The van der Waals surface area contributed by atoms with E-state index in [1.165, 1.54) is 49.1 Å². The van der Waals surface area contributed by atoms with Gasteiger partial charge >= 0.3 is 0 Å². The maximum atomic E-state index is 5.22. The van der Waals surface area contributed by atoms with Crippen LogP contribution in [-0.2, 0) is 0 Å².